The lowest BCUT2D eigenvalue weighted by molar-refractivity contribution is 0.0770. The Balaban J connectivity index is 1.27. The lowest BCUT2D eigenvalue weighted by Gasteiger charge is -2.41. The highest BCUT2D eigenvalue weighted by atomic mass is 16.6. The van der Waals surface area contributed by atoms with Crippen LogP contribution in [0.25, 0.3) is 0 Å². The van der Waals surface area contributed by atoms with Crippen molar-refractivity contribution in [3.05, 3.63) is 84.1 Å². The molecule has 1 aliphatic rings. The first-order valence-electron chi connectivity index (χ1n) is 12.9. The molecule has 2 amide bonds. The summed E-state index contributed by atoms with van der Waals surface area (Å²) in [6.45, 7) is 8.03. The molecule has 0 bridgehead atoms. The number of rotatable bonds is 7. The van der Waals surface area contributed by atoms with Crippen molar-refractivity contribution < 1.29 is 14.3 Å². The fourth-order valence-electron chi connectivity index (χ4n) is 5.12. The number of pyridine rings is 1. The van der Waals surface area contributed by atoms with E-state index in [2.05, 4.69) is 36.0 Å². The van der Waals surface area contributed by atoms with E-state index in [-0.39, 0.29) is 11.8 Å². The first-order chi connectivity index (χ1) is 17.8. The van der Waals surface area contributed by atoms with Crippen molar-refractivity contribution in [1.82, 2.24) is 9.88 Å². The average molecular weight is 501 g/mol. The highest BCUT2D eigenvalue weighted by Crippen LogP contribution is 2.27. The van der Waals surface area contributed by atoms with Gasteiger partial charge in [0, 0.05) is 43.0 Å². The average Bonchev–Trinajstić information content (AvgIpc) is 2.89. The van der Waals surface area contributed by atoms with Gasteiger partial charge in [-0.05, 0) is 74.9 Å². The smallest absolute Gasteiger partial charge is 0.391 e. The number of piperidine rings is 1. The molecule has 3 aromatic rings. The van der Waals surface area contributed by atoms with Crippen LogP contribution in [0.4, 0.5) is 16.2 Å². The van der Waals surface area contributed by atoms with Gasteiger partial charge in [-0.1, -0.05) is 37.3 Å². The molecule has 2 heterocycles. The van der Waals surface area contributed by atoms with E-state index in [0.717, 1.165) is 18.9 Å². The third-order valence-corrected chi connectivity index (χ3v) is 7.10. The molecule has 1 N–H and O–H groups in total. The molecule has 7 nitrogen and oxygen atoms in total. The zero-order chi connectivity index (χ0) is 26.4. The summed E-state index contributed by atoms with van der Waals surface area (Å²) in [7, 11) is 1.63. The maximum absolute atomic E-state index is 12.7. The minimum absolute atomic E-state index is 0.155. The van der Waals surface area contributed by atoms with E-state index in [9.17, 15) is 9.59 Å². The van der Waals surface area contributed by atoms with E-state index in [1.807, 2.05) is 54.6 Å². The largest absolute Gasteiger partial charge is 0.420 e. The standard InChI is InChI=1S/C30H36N4O3/c1-21-18-22(2)34(23(3)19-21)17-16-24-10-12-25(13-11-24)29(35)32-26-14-15-28(31-20-26)37-30(36)33(4)27-8-6-5-7-9-27/h5-15,20-23H,16-19H2,1-4H3,(H,32,35). The van der Waals surface area contributed by atoms with Crippen molar-refractivity contribution >= 4 is 23.4 Å². The predicted molar refractivity (Wildman–Crippen MR) is 147 cm³/mol. The molecule has 0 radical (unpaired) electrons. The van der Waals surface area contributed by atoms with E-state index in [4.69, 9.17) is 4.74 Å². The van der Waals surface area contributed by atoms with Crippen molar-refractivity contribution in [3.63, 3.8) is 0 Å². The number of amides is 2. The molecule has 194 valence electrons. The summed E-state index contributed by atoms with van der Waals surface area (Å²) in [5.74, 6) is 0.734. The number of anilines is 2. The van der Waals surface area contributed by atoms with Gasteiger partial charge in [-0.2, -0.15) is 0 Å². The van der Waals surface area contributed by atoms with Gasteiger partial charge in [0.25, 0.3) is 5.91 Å². The fourth-order valence-corrected chi connectivity index (χ4v) is 5.12. The van der Waals surface area contributed by atoms with Gasteiger partial charge in [0.05, 0.1) is 11.9 Å². The predicted octanol–water partition coefficient (Wildman–Crippen LogP) is 6.02. The van der Waals surface area contributed by atoms with Crippen LogP contribution in [0.15, 0.2) is 72.9 Å². The molecular weight excluding hydrogens is 464 g/mol. The topological polar surface area (TPSA) is 74.8 Å². The SMILES string of the molecule is CC1CC(C)N(CCc2ccc(C(=O)Nc3ccc(OC(=O)N(C)c4ccccc4)nc3)cc2)C(C)C1. The van der Waals surface area contributed by atoms with Gasteiger partial charge in [0.2, 0.25) is 5.88 Å². The summed E-state index contributed by atoms with van der Waals surface area (Å²) in [6, 6.07) is 21.4. The van der Waals surface area contributed by atoms with E-state index >= 15 is 0 Å². The molecule has 0 spiro atoms. The van der Waals surface area contributed by atoms with Crippen LogP contribution in [0, 0.1) is 5.92 Å². The minimum Gasteiger partial charge on any atom is -0.391 e. The number of hydrogen-bond acceptors (Lipinski definition) is 5. The zero-order valence-corrected chi connectivity index (χ0v) is 22.1. The summed E-state index contributed by atoms with van der Waals surface area (Å²) in [4.78, 5) is 33.2. The number of para-hydroxylation sites is 1. The van der Waals surface area contributed by atoms with Crippen molar-refractivity contribution in [3.8, 4) is 5.88 Å². The van der Waals surface area contributed by atoms with Crippen LogP contribution >= 0.6 is 0 Å². The molecule has 1 aliphatic heterocycles. The van der Waals surface area contributed by atoms with Crippen molar-refractivity contribution in [2.45, 2.75) is 52.1 Å². The molecule has 37 heavy (non-hydrogen) atoms. The molecular formula is C30H36N4O3. The van der Waals surface area contributed by atoms with Crippen LogP contribution in [0.2, 0.25) is 0 Å². The zero-order valence-electron chi connectivity index (χ0n) is 22.1. The summed E-state index contributed by atoms with van der Waals surface area (Å²) < 4.78 is 5.33. The number of likely N-dealkylation sites (tertiary alicyclic amines) is 1. The van der Waals surface area contributed by atoms with E-state index in [1.54, 1.807) is 19.2 Å². The molecule has 2 aromatic carbocycles. The highest BCUT2D eigenvalue weighted by Gasteiger charge is 2.28. The number of benzene rings is 2. The number of hydrogen-bond donors (Lipinski definition) is 1. The van der Waals surface area contributed by atoms with Gasteiger partial charge in [0.15, 0.2) is 0 Å². The van der Waals surface area contributed by atoms with Crippen molar-refractivity contribution in [2.75, 3.05) is 23.8 Å². The van der Waals surface area contributed by atoms with Crippen LogP contribution in [0.1, 0.15) is 49.5 Å². The van der Waals surface area contributed by atoms with Gasteiger partial charge in [-0.25, -0.2) is 9.78 Å². The van der Waals surface area contributed by atoms with E-state index in [0.29, 0.717) is 29.0 Å². The van der Waals surface area contributed by atoms with Crippen LogP contribution in [-0.2, 0) is 6.42 Å². The van der Waals surface area contributed by atoms with E-state index in [1.165, 1.54) is 29.5 Å². The van der Waals surface area contributed by atoms with Gasteiger partial charge in [0.1, 0.15) is 0 Å². The summed E-state index contributed by atoms with van der Waals surface area (Å²) >= 11 is 0. The highest BCUT2D eigenvalue weighted by molar-refractivity contribution is 6.04. The Morgan fingerprint density at radius 3 is 2.27 bits per heavy atom. The Morgan fingerprint density at radius 2 is 1.65 bits per heavy atom. The fraction of sp³-hybridized carbons (Fsp3) is 0.367. The molecule has 7 heteroatoms. The maximum atomic E-state index is 12.7. The first kappa shape index (κ1) is 26.4. The Labute approximate surface area is 219 Å². The van der Waals surface area contributed by atoms with Gasteiger partial charge >= 0.3 is 6.09 Å². The normalized spacial score (nSPS) is 19.7. The summed E-state index contributed by atoms with van der Waals surface area (Å²) in [6.07, 6.45) is 4.40. The van der Waals surface area contributed by atoms with Gasteiger partial charge in [-0.15, -0.1) is 0 Å². The lowest BCUT2D eigenvalue weighted by atomic mass is 9.88. The second-order valence-corrected chi connectivity index (χ2v) is 10.1. The second kappa shape index (κ2) is 12.0. The molecule has 2 atom stereocenters. The Hall–Kier alpha value is -3.71. The number of aromatic nitrogens is 1. The van der Waals surface area contributed by atoms with Crippen LogP contribution in [0.3, 0.4) is 0 Å². The number of ether oxygens (including phenoxy) is 1. The van der Waals surface area contributed by atoms with Gasteiger partial charge < -0.3 is 10.1 Å². The number of nitrogens with one attached hydrogen (secondary N) is 1. The Kier molecular flexibility index (Phi) is 8.56. The van der Waals surface area contributed by atoms with Crippen LogP contribution in [0.5, 0.6) is 5.88 Å². The quantitative estimate of drug-likeness (QED) is 0.429. The first-order valence-corrected chi connectivity index (χ1v) is 12.9. The monoisotopic (exact) mass is 500 g/mol. The Morgan fingerprint density at radius 1 is 0.973 bits per heavy atom. The molecule has 1 saturated heterocycles. The summed E-state index contributed by atoms with van der Waals surface area (Å²) in [5, 5.41) is 2.85. The third kappa shape index (κ3) is 6.95. The third-order valence-electron chi connectivity index (χ3n) is 7.10. The van der Waals surface area contributed by atoms with Crippen molar-refractivity contribution in [2.24, 2.45) is 5.92 Å². The van der Waals surface area contributed by atoms with E-state index < -0.39 is 6.09 Å². The lowest BCUT2D eigenvalue weighted by Crippen LogP contribution is -2.46. The number of nitrogens with zero attached hydrogens (tertiary/aromatic N) is 3. The minimum atomic E-state index is -0.547. The molecule has 0 saturated carbocycles. The van der Waals surface area contributed by atoms with Crippen LogP contribution < -0.4 is 15.0 Å². The number of carbonyl (C=O) groups is 2. The number of carbonyl (C=O) groups excluding carboxylic acids is 2. The van der Waals surface area contributed by atoms with Crippen LogP contribution in [-0.4, -0.2) is 47.6 Å². The summed E-state index contributed by atoms with van der Waals surface area (Å²) in [5.41, 5.74) is 3.04. The maximum Gasteiger partial charge on any atom is 0.420 e. The molecule has 2 unspecified atom stereocenters. The molecule has 4 rings (SSSR count). The Bertz CT molecular complexity index is 1170. The molecule has 1 fully saturated rings. The van der Waals surface area contributed by atoms with Gasteiger partial charge in [-0.3, -0.25) is 14.6 Å². The molecule has 0 aliphatic carbocycles. The molecule has 1 aromatic heterocycles. The second-order valence-electron chi connectivity index (χ2n) is 10.1. The van der Waals surface area contributed by atoms with Crippen molar-refractivity contribution in [1.29, 1.82) is 0 Å².